The molecule has 0 unspecified atom stereocenters. The fourth-order valence-corrected chi connectivity index (χ4v) is 3.11. The third-order valence-corrected chi connectivity index (χ3v) is 4.51. The number of anilines is 1. The van der Waals surface area contributed by atoms with Crippen molar-refractivity contribution in [1.29, 1.82) is 0 Å². The third-order valence-electron chi connectivity index (χ3n) is 4.51. The number of rotatable bonds is 7. The highest BCUT2D eigenvalue weighted by Crippen LogP contribution is 2.41. The molecular weight excluding hydrogens is 386 g/mol. The Morgan fingerprint density at radius 2 is 1.57 bits per heavy atom. The Labute approximate surface area is 174 Å². The van der Waals surface area contributed by atoms with Gasteiger partial charge in [0.05, 0.1) is 26.8 Å². The smallest absolute Gasteiger partial charge is 0.272 e. The van der Waals surface area contributed by atoms with Gasteiger partial charge >= 0.3 is 0 Å². The molecule has 0 saturated carbocycles. The second kappa shape index (κ2) is 8.77. The molecule has 3 aromatic rings. The fraction of sp³-hybridized carbons (Fsp3) is 0.273. The van der Waals surface area contributed by atoms with Gasteiger partial charge in [-0.3, -0.25) is 9.59 Å². The van der Waals surface area contributed by atoms with Gasteiger partial charge < -0.3 is 29.8 Å². The molecule has 0 saturated heterocycles. The molecule has 30 heavy (non-hydrogen) atoms. The molecule has 2 aromatic carbocycles. The van der Waals surface area contributed by atoms with E-state index >= 15 is 0 Å². The number of hydrogen-bond acceptors (Lipinski definition) is 5. The van der Waals surface area contributed by atoms with Gasteiger partial charge in [0.2, 0.25) is 0 Å². The number of aromatic nitrogens is 1. The quantitative estimate of drug-likeness (QED) is 0.552. The van der Waals surface area contributed by atoms with Gasteiger partial charge in [0.25, 0.3) is 11.8 Å². The summed E-state index contributed by atoms with van der Waals surface area (Å²) in [5, 5.41) is 6.34. The standard InChI is InChI=1S/C22H25N3O5/c1-12(2)23-21(26)13-6-8-14(9-7-13)24-22(27)16-10-15-17(28-3)11-18(29-4)20(30-5)19(15)25-16/h6-12,25H,1-5H3,(H,23,26)(H,24,27). The van der Waals surface area contributed by atoms with Crippen molar-refractivity contribution >= 4 is 28.4 Å². The molecule has 1 heterocycles. The summed E-state index contributed by atoms with van der Waals surface area (Å²) in [7, 11) is 4.61. The minimum absolute atomic E-state index is 0.0477. The molecule has 8 heteroatoms. The molecule has 0 spiro atoms. The Morgan fingerprint density at radius 3 is 2.13 bits per heavy atom. The Hall–Kier alpha value is -3.68. The normalized spacial score (nSPS) is 10.7. The number of fused-ring (bicyclic) bond motifs is 1. The third kappa shape index (κ3) is 4.17. The maximum Gasteiger partial charge on any atom is 0.272 e. The van der Waals surface area contributed by atoms with Crippen LogP contribution in [0.1, 0.15) is 34.7 Å². The molecule has 0 fully saturated rings. The van der Waals surface area contributed by atoms with Gasteiger partial charge in [0.1, 0.15) is 11.4 Å². The lowest BCUT2D eigenvalue weighted by atomic mass is 10.2. The lowest BCUT2D eigenvalue weighted by Crippen LogP contribution is -2.30. The number of nitrogens with one attached hydrogen (secondary N) is 3. The molecule has 3 rings (SSSR count). The van der Waals surface area contributed by atoms with Gasteiger partial charge in [-0.15, -0.1) is 0 Å². The molecular formula is C22H25N3O5. The van der Waals surface area contributed by atoms with E-state index in [1.165, 1.54) is 14.2 Å². The summed E-state index contributed by atoms with van der Waals surface area (Å²) in [4.78, 5) is 27.9. The van der Waals surface area contributed by atoms with Gasteiger partial charge in [-0.05, 0) is 44.2 Å². The zero-order chi connectivity index (χ0) is 21.8. The second-order valence-electron chi connectivity index (χ2n) is 6.95. The first-order chi connectivity index (χ1) is 14.4. The van der Waals surface area contributed by atoms with E-state index in [4.69, 9.17) is 14.2 Å². The van der Waals surface area contributed by atoms with Crippen LogP contribution in [0.15, 0.2) is 36.4 Å². The van der Waals surface area contributed by atoms with Gasteiger partial charge in [-0.1, -0.05) is 0 Å². The van der Waals surface area contributed by atoms with Crippen LogP contribution in [0.4, 0.5) is 5.69 Å². The predicted octanol–water partition coefficient (Wildman–Crippen LogP) is 3.58. The number of ether oxygens (including phenoxy) is 3. The molecule has 1 aromatic heterocycles. The van der Waals surface area contributed by atoms with Crippen LogP contribution in [-0.2, 0) is 0 Å². The van der Waals surface area contributed by atoms with Crippen molar-refractivity contribution in [2.45, 2.75) is 19.9 Å². The second-order valence-corrected chi connectivity index (χ2v) is 6.95. The van der Waals surface area contributed by atoms with E-state index in [9.17, 15) is 9.59 Å². The Bertz CT molecular complexity index is 1070. The van der Waals surface area contributed by atoms with Crippen molar-refractivity contribution in [3.8, 4) is 17.2 Å². The summed E-state index contributed by atoms with van der Waals surface area (Å²) < 4.78 is 16.2. The average molecular weight is 411 g/mol. The summed E-state index contributed by atoms with van der Waals surface area (Å²) in [5.41, 5.74) is 2.01. The lowest BCUT2D eigenvalue weighted by Gasteiger charge is -2.11. The van der Waals surface area contributed by atoms with E-state index in [1.54, 1.807) is 43.5 Å². The number of hydrogen-bond donors (Lipinski definition) is 3. The van der Waals surface area contributed by atoms with Gasteiger partial charge in [0, 0.05) is 28.7 Å². The van der Waals surface area contributed by atoms with E-state index in [0.717, 1.165) is 0 Å². The number of methoxy groups -OCH3 is 3. The Balaban J connectivity index is 1.86. The topological polar surface area (TPSA) is 102 Å². The maximum absolute atomic E-state index is 12.8. The van der Waals surface area contributed by atoms with Crippen LogP contribution in [-0.4, -0.2) is 44.2 Å². The number of aromatic amines is 1. The summed E-state index contributed by atoms with van der Waals surface area (Å²) in [6.07, 6.45) is 0. The minimum Gasteiger partial charge on any atom is -0.496 e. The molecule has 158 valence electrons. The summed E-state index contributed by atoms with van der Waals surface area (Å²) in [6, 6.07) is 10.1. The van der Waals surface area contributed by atoms with Crippen molar-refractivity contribution in [2.24, 2.45) is 0 Å². The van der Waals surface area contributed by atoms with Crippen molar-refractivity contribution < 1.29 is 23.8 Å². The number of carbonyl (C=O) groups excluding carboxylic acids is 2. The zero-order valence-electron chi connectivity index (χ0n) is 17.6. The highest BCUT2D eigenvalue weighted by molar-refractivity contribution is 6.08. The van der Waals surface area contributed by atoms with E-state index < -0.39 is 0 Å². The predicted molar refractivity (Wildman–Crippen MR) is 115 cm³/mol. The van der Waals surface area contributed by atoms with Crippen LogP contribution < -0.4 is 24.8 Å². The van der Waals surface area contributed by atoms with Gasteiger partial charge in [-0.25, -0.2) is 0 Å². The van der Waals surface area contributed by atoms with Crippen LogP contribution >= 0.6 is 0 Å². The van der Waals surface area contributed by atoms with Crippen LogP contribution in [0.5, 0.6) is 17.2 Å². The number of H-pyrrole nitrogens is 1. The maximum atomic E-state index is 12.8. The highest BCUT2D eigenvalue weighted by Gasteiger charge is 2.19. The average Bonchev–Trinajstić information content (AvgIpc) is 3.18. The summed E-state index contributed by atoms with van der Waals surface area (Å²) in [5.74, 6) is 1.03. The van der Waals surface area contributed by atoms with Crippen LogP contribution in [0.2, 0.25) is 0 Å². The van der Waals surface area contributed by atoms with Crippen LogP contribution in [0.25, 0.3) is 10.9 Å². The first-order valence-corrected chi connectivity index (χ1v) is 9.41. The Kier molecular flexibility index (Phi) is 6.15. The monoisotopic (exact) mass is 411 g/mol. The molecule has 3 N–H and O–H groups in total. The molecule has 0 radical (unpaired) electrons. The van der Waals surface area contributed by atoms with Crippen molar-refractivity contribution in [3.05, 3.63) is 47.7 Å². The fourth-order valence-electron chi connectivity index (χ4n) is 3.11. The molecule has 0 aliphatic heterocycles. The van der Waals surface area contributed by atoms with Crippen LogP contribution in [0.3, 0.4) is 0 Å². The van der Waals surface area contributed by atoms with Gasteiger partial charge in [-0.2, -0.15) is 0 Å². The minimum atomic E-state index is -0.339. The summed E-state index contributed by atoms with van der Waals surface area (Å²) >= 11 is 0. The molecule has 0 aliphatic carbocycles. The van der Waals surface area contributed by atoms with Crippen molar-refractivity contribution in [1.82, 2.24) is 10.3 Å². The van der Waals surface area contributed by atoms with Gasteiger partial charge in [0.15, 0.2) is 11.5 Å². The molecule has 2 amide bonds. The first kappa shape index (κ1) is 21.0. The first-order valence-electron chi connectivity index (χ1n) is 9.41. The molecule has 0 aliphatic rings. The zero-order valence-corrected chi connectivity index (χ0v) is 17.6. The largest absolute Gasteiger partial charge is 0.496 e. The van der Waals surface area contributed by atoms with Crippen LogP contribution in [0, 0.1) is 0 Å². The number of benzene rings is 2. The number of carbonyl (C=O) groups is 2. The van der Waals surface area contributed by atoms with E-state index in [1.807, 2.05) is 13.8 Å². The number of amides is 2. The Morgan fingerprint density at radius 1 is 0.900 bits per heavy atom. The van der Waals surface area contributed by atoms with E-state index in [2.05, 4.69) is 15.6 Å². The molecule has 8 nitrogen and oxygen atoms in total. The summed E-state index contributed by atoms with van der Waals surface area (Å²) in [6.45, 7) is 3.79. The highest BCUT2D eigenvalue weighted by atomic mass is 16.5. The molecule has 0 atom stereocenters. The van der Waals surface area contributed by atoms with E-state index in [0.29, 0.717) is 45.1 Å². The SMILES string of the molecule is COc1cc(OC)c2cc(C(=O)Nc3ccc(C(=O)NC(C)C)cc3)[nH]c2c1OC. The van der Waals surface area contributed by atoms with Crippen molar-refractivity contribution in [3.63, 3.8) is 0 Å². The van der Waals surface area contributed by atoms with E-state index in [-0.39, 0.29) is 17.9 Å². The molecule has 0 bridgehead atoms. The lowest BCUT2D eigenvalue weighted by molar-refractivity contribution is 0.0942. The van der Waals surface area contributed by atoms with Crippen molar-refractivity contribution in [2.75, 3.05) is 26.6 Å².